The number of halogens is 6. The Morgan fingerprint density at radius 2 is 1.85 bits per heavy atom. The largest absolute Gasteiger partial charge is 0.431 e. The fraction of sp³-hybridized carbons (Fsp3) is 0.500. The van der Waals surface area contributed by atoms with Crippen molar-refractivity contribution >= 4 is 6.21 Å². The third-order valence-corrected chi connectivity index (χ3v) is 1.52. The van der Waals surface area contributed by atoms with Crippen molar-refractivity contribution < 1.29 is 26.3 Å². The smallest absolute Gasteiger partial charge is 0.286 e. The van der Waals surface area contributed by atoms with E-state index in [9.17, 15) is 26.3 Å². The van der Waals surface area contributed by atoms with E-state index in [1.807, 2.05) is 0 Å². The third-order valence-electron chi connectivity index (χ3n) is 1.52. The number of aliphatic imine (C=N–C) groups is 1. The molecule has 74 valence electrons. The molecule has 0 aromatic rings. The summed E-state index contributed by atoms with van der Waals surface area (Å²) in [6.45, 7) is -1.48. The van der Waals surface area contributed by atoms with Gasteiger partial charge in [-0.15, -0.1) is 0 Å². The predicted octanol–water partition coefficient (Wildman–Crippen LogP) is 2.49. The van der Waals surface area contributed by atoms with Crippen LogP contribution in [0.3, 0.4) is 0 Å². The highest BCUT2D eigenvalue weighted by molar-refractivity contribution is 5.78. The molecule has 0 aromatic heterocycles. The lowest BCUT2D eigenvalue weighted by molar-refractivity contribution is -0.218. The predicted molar refractivity (Wildman–Crippen MR) is 32.5 cm³/mol. The highest BCUT2D eigenvalue weighted by Gasteiger charge is 2.61. The molecule has 0 aliphatic carbocycles. The van der Waals surface area contributed by atoms with Gasteiger partial charge in [-0.1, -0.05) is 0 Å². The van der Waals surface area contributed by atoms with Gasteiger partial charge in [-0.05, 0) is 0 Å². The Kier molecular flexibility index (Phi) is 2.13. The summed E-state index contributed by atoms with van der Waals surface area (Å²) < 4.78 is 73.0. The Labute approximate surface area is 68.8 Å². The normalized spacial score (nSPS) is 29.7. The van der Waals surface area contributed by atoms with E-state index in [0.29, 0.717) is 0 Å². The van der Waals surface area contributed by atoms with Crippen molar-refractivity contribution in [2.45, 2.75) is 11.8 Å². The molecule has 1 heterocycles. The van der Waals surface area contributed by atoms with E-state index in [4.69, 9.17) is 0 Å². The average molecular weight is 203 g/mol. The quantitative estimate of drug-likeness (QED) is 0.536. The first kappa shape index (κ1) is 10.1. The van der Waals surface area contributed by atoms with Gasteiger partial charge in [-0.3, -0.25) is 4.99 Å². The fourth-order valence-electron chi connectivity index (χ4n) is 0.781. The molecule has 1 aliphatic rings. The summed E-state index contributed by atoms with van der Waals surface area (Å²) >= 11 is 0. The Bertz CT molecular complexity index is 277. The maximum atomic E-state index is 12.8. The Hall–Kier alpha value is -1.01. The molecular formula is C6H3F6N. The van der Waals surface area contributed by atoms with Gasteiger partial charge in [0.25, 0.3) is 5.67 Å². The molecule has 0 amide bonds. The molecule has 0 aromatic carbocycles. The first-order valence-corrected chi connectivity index (χ1v) is 3.10. The van der Waals surface area contributed by atoms with Gasteiger partial charge >= 0.3 is 6.18 Å². The first-order valence-electron chi connectivity index (χ1n) is 3.10. The summed E-state index contributed by atoms with van der Waals surface area (Å²) in [5.41, 5.74) is -4.31. The van der Waals surface area contributed by atoms with Crippen LogP contribution in [-0.2, 0) is 0 Å². The number of hydrogen-bond acceptors (Lipinski definition) is 1. The van der Waals surface area contributed by atoms with Crippen LogP contribution >= 0.6 is 0 Å². The molecule has 1 nitrogen and oxygen atoms in total. The first-order chi connectivity index (χ1) is 5.79. The lowest BCUT2D eigenvalue weighted by Gasteiger charge is -2.26. The molecule has 1 rings (SSSR count). The fourth-order valence-corrected chi connectivity index (χ4v) is 0.781. The lowest BCUT2D eigenvalue weighted by Crippen LogP contribution is -2.46. The minimum atomic E-state index is -5.49. The highest BCUT2D eigenvalue weighted by Crippen LogP contribution is 2.43. The van der Waals surface area contributed by atoms with E-state index < -0.39 is 30.0 Å². The Morgan fingerprint density at radius 3 is 2.23 bits per heavy atom. The maximum Gasteiger partial charge on any atom is 0.431 e. The topological polar surface area (TPSA) is 12.4 Å². The van der Waals surface area contributed by atoms with Gasteiger partial charge in [0.05, 0.1) is 12.8 Å². The second-order valence-electron chi connectivity index (χ2n) is 2.43. The summed E-state index contributed by atoms with van der Waals surface area (Å²) in [6, 6.07) is 0. The molecule has 1 aliphatic heterocycles. The van der Waals surface area contributed by atoms with Crippen LogP contribution in [0.15, 0.2) is 16.6 Å². The summed E-state index contributed by atoms with van der Waals surface area (Å²) in [4.78, 5) is 2.74. The van der Waals surface area contributed by atoms with E-state index in [1.54, 1.807) is 0 Å². The van der Waals surface area contributed by atoms with Crippen LogP contribution < -0.4 is 0 Å². The van der Waals surface area contributed by atoms with Crippen LogP contribution in [-0.4, -0.2) is 24.6 Å². The second kappa shape index (κ2) is 2.74. The van der Waals surface area contributed by atoms with E-state index in [1.165, 1.54) is 0 Å². The zero-order chi connectivity index (χ0) is 10.3. The molecule has 0 N–H and O–H groups in total. The van der Waals surface area contributed by atoms with Crippen LogP contribution in [0.4, 0.5) is 26.3 Å². The van der Waals surface area contributed by atoms with Gasteiger partial charge in [-0.25, -0.2) is 13.2 Å². The zero-order valence-electron chi connectivity index (χ0n) is 6.00. The van der Waals surface area contributed by atoms with E-state index in [0.717, 1.165) is 0 Å². The number of nitrogens with zero attached hydrogens (tertiary/aromatic N) is 1. The molecule has 1 unspecified atom stereocenters. The van der Waals surface area contributed by atoms with Gasteiger partial charge in [-0.2, -0.15) is 13.2 Å². The van der Waals surface area contributed by atoms with Gasteiger partial charge in [0.15, 0.2) is 11.7 Å². The van der Waals surface area contributed by atoms with E-state index >= 15 is 0 Å². The molecule has 7 heteroatoms. The monoisotopic (exact) mass is 203 g/mol. The molecule has 0 radical (unpaired) electrons. The van der Waals surface area contributed by atoms with Crippen molar-refractivity contribution in [3.63, 3.8) is 0 Å². The molecule has 1 atom stereocenters. The van der Waals surface area contributed by atoms with Crippen LogP contribution in [0.2, 0.25) is 0 Å². The number of alkyl halides is 4. The summed E-state index contributed by atoms with van der Waals surface area (Å²) in [7, 11) is 0. The molecule has 0 fully saturated rings. The van der Waals surface area contributed by atoms with E-state index in [-0.39, 0.29) is 6.21 Å². The van der Waals surface area contributed by atoms with Gasteiger partial charge in [0, 0.05) is 0 Å². The Balaban J connectivity index is 3.15. The molecule has 0 bridgehead atoms. The summed E-state index contributed by atoms with van der Waals surface area (Å²) in [6.07, 6.45) is -5.27. The SMILES string of the molecule is FC1=C(F)C(F)(C(F)(F)F)CN=C1. The molecule has 0 saturated heterocycles. The number of allylic oxidation sites excluding steroid dienone is 1. The third kappa shape index (κ3) is 1.42. The standard InChI is InChI=1S/C6H3F6N/c7-3-1-13-2-5(9,4(3)8)6(10,11)12/h1H,2H2. The van der Waals surface area contributed by atoms with Gasteiger partial charge in [0.1, 0.15) is 0 Å². The number of rotatable bonds is 0. The summed E-state index contributed by atoms with van der Waals surface area (Å²) in [5.74, 6) is -4.39. The molecule has 13 heavy (non-hydrogen) atoms. The maximum absolute atomic E-state index is 12.8. The van der Waals surface area contributed by atoms with Gasteiger partial charge in [0.2, 0.25) is 0 Å². The molecule has 0 spiro atoms. The second-order valence-corrected chi connectivity index (χ2v) is 2.43. The van der Waals surface area contributed by atoms with E-state index in [2.05, 4.69) is 4.99 Å². The van der Waals surface area contributed by atoms with Crippen LogP contribution in [0, 0.1) is 0 Å². The van der Waals surface area contributed by atoms with Crippen molar-refractivity contribution in [3.8, 4) is 0 Å². The van der Waals surface area contributed by atoms with Crippen molar-refractivity contribution in [1.82, 2.24) is 0 Å². The van der Waals surface area contributed by atoms with Crippen molar-refractivity contribution in [2.75, 3.05) is 6.54 Å². The summed E-state index contributed by atoms with van der Waals surface area (Å²) in [5, 5.41) is 0. The molecule has 0 saturated carbocycles. The van der Waals surface area contributed by atoms with Crippen LogP contribution in [0.5, 0.6) is 0 Å². The van der Waals surface area contributed by atoms with Crippen molar-refractivity contribution in [1.29, 1.82) is 0 Å². The zero-order valence-corrected chi connectivity index (χ0v) is 6.00. The van der Waals surface area contributed by atoms with Crippen LogP contribution in [0.1, 0.15) is 0 Å². The van der Waals surface area contributed by atoms with Gasteiger partial charge < -0.3 is 0 Å². The van der Waals surface area contributed by atoms with Crippen molar-refractivity contribution in [2.24, 2.45) is 4.99 Å². The average Bonchev–Trinajstić information content (AvgIpc) is 1.98. The molecular weight excluding hydrogens is 200 g/mol. The highest BCUT2D eigenvalue weighted by atomic mass is 19.4. The minimum absolute atomic E-state index is 0.221. The number of hydrogen-bond donors (Lipinski definition) is 0. The Morgan fingerprint density at radius 1 is 1.31 bits per heavy atom. The van der Waals surface area contributed by atoms with Crippen LogP contribution in [0.25, 0.3) is 0 Å². The minimum Gasteiger partial charge on any atom is -0.286 e. The van der Waals surface area contributed by atoms with Crippen molar-refractivity contribution in [3.05, 3.63) is 11.7 Å². The lowest BCUT2D eigenvalue weighted by atomic mass is 10.0. The number of dihydropyridines is 1.